The largest absolute Gasteiger partial charge is 0.309 e. The lowest BCUT2D eigenvalue weighted by Crippen LogP contribution is -1.96. The minimum absolute atomic E-state index is 0.894. The lowest BCUT2D eigenvalue weighted by molar-refractivity contribution is 1.17. The molecule has 0 atom stereocenters. The third kappa shape index (κ3) is 2.84. The Morgan fingerprint density at radius 2 is 1.23 bits per heavy atom. The summed E-state index contributed by atoms with van der Waals surface area (Å²) >= 11 is 0. The van der Waals surface area contributed by atoms with Crippen LogP contribution in [0, 0.1) is 0 Å². The van der Waals surface area contributed by atoms with Gasteiger partial charge in [0.15, 0.2) is 0 Å². The molecule has 8 aromatic rings. The van der Waals surface area contributed by atoms with Crippen molar-refractivity contribution >= 4 is 66.3 Å². The molecule has 0 N–H and O–H groups in total. The van der Waals surface area contributed by atoms with Crippen LogP contribution < -0.4 is 0 Å². The SMILES string of the molecule is C1=Nc2ccc(-n3c4ccccc4c4cc5c(ccc6c7ccccc7n(-c7ccccc7)c56)cc43)cc2C1. The predicted octanol–water partition coefficient (Wildman–Crippen LogP) is 9.29. The molecular formula is C36H23N3. The quantitative estimate of drug-likeness (QED) is 0.227. The summed E-state index contributed by atoms with van der Waals surface area (Å²) in [4.78, 5) is 4.53. The highest BCUT2D eigenvalue weighted by molar-refractivity contribution is 6.22. The second-order valence-corrected chi connectivity index (χ2v) is 10.4. The summed E-state index contributed by atoms with van der Waals surface area (Å²) in [5.41, 5.74) is 9.67. The number of nitrogens with zero attached hydrogens (tertiary/aromatic N) is 3. The van der Waals surface area contributed by atoms with E-state index in [-0.39, 0.29) is 0 Å². The van der Waals surface area contributed by atoms with E-state index in [1.807, 2.05) is 6.21 Å². The van der Waals surface area contributed by atoms with Crippen molar-refractivity contribution in [2.75, 3.05) is 0 Å². The fraction of sp³-hybridized carbons (Fsp3) is 0.0278. The molecule has 0 radical (unpaired) electrons. The van der Waals surface area contributed by atoms with Gasteiger partial charge in [-0.05, 0) is 65.5 Å². The standard InChI is InChI=1S/C36H23N3/c1-2-8-25(9-3-1)39-34-13-7-4-10-27(34)29-16-14-23-21-35-31(22-30(23)36(29)39)28-11-5-6-12-33(28)38(35)26-15-17-32-24(20-26)18-19-37-32/h1-17,19-22H,18H2. The van der Waals surface area contributed by atoms with E-state index in [0.717, 1.165) is 12.1 Å². The fourth-order valence-electron chi connectivity index (χ4n) is 6.61. The molecule has 182 valence electrons. The molecule has 3 heterocycles. The van der Waals surface area contributed by atoms with E-state index in [4.69, 9.17) is 0 Å². The molecule has 1 aliphatic rings. The molecule has 0 amide bonds. The molecule has 0 aliphatic carbocycles. The molecule has 9 rings (SSSR count). The average Bonchev–Trinajstić information content (AvgIpc) is 3.68. The topological polar surface area (TPSA) is 22.2 Å². The van der Waals surface area contributed by atoms with Crippen LogP contribution in [0.15, 0.2) is 126 Å². The summed E-state index contributed by atoms with van der Waals surface area (Å²) in [5, 5.41) is 7.61. The molecule has 0 fully saturated rings. The highest BCUT2D eigenvalue weighted by Crippen LogP contribution is 2.41. The van der Waals surface area contributed by atoms with Crippen LogP contribution in [0.2, 0.25) is 0 Å². The molecule has 0 saturated carbocycles. The van der Waals surface area contributed by atoms with E-state index >= 15 is 0 Å². The first-order chi connectivity index (χ1) is 19.3. The zero-order valence-electron chi connectivity index (χ0n) is 21.2. The first kappa shape index (κ1) is 20.9. The van der Waals surface area contributed by atoms with Gasteiger partial charge in [-0.3, -0.25) is 4.99 Å². The van der Waals surface area contributed by atoms with E-state index in [2.05, 4.69) is 135 Å². The van der Waals surface area contributed by atoms with Crippen LogP contribution in [-0.4, -0.2) is 15.3 Å². The van der Waals surface area contributed by atoms with Crippen LogP contribution in [0.4, 0.5) is 5.69 Å². The predicted molar refractivity (Wildman–Crippen MR) is 164 cm³/mol. The van der Waals surface area contributed by atoms with E-state index in [0.29, 0.717) is 0 Å². The second-order valence-electron chi connectivity index (χ2n) is 10.4. The lowest BCUT2D eigenvalue weighted by atomic mass is 10.0. The molecule has 0 bridgehead atoms. The Morgan fingerprint density at radius 3 is 2.08 bits per heavy atom. The van der Waals surface area contributed by atoms with Crippen LogP contribution in [-0.2, 0) is 6.42 Å². The molecule has 2 aromatic heterocycles. The average molecular weight is 498 g/mol. The van der Waals surface area contributed by atoms with Gasteiger partial charge in [0, 0.05) is 50.9 Å². The Hall–Kier alpha value is -5.15. The van der Waals surface area contributed by atoms with Crippen molar-refractivity contribution in [2.24, 2.45) is 4.99 Å². The number of para-hydroxylation sites is 3. The fourth-order valence-corrected chi connectivity index (χ4v) is 6.61. The van der Waals surface area contributed by atoms with E-state index < -0.39 is 0 Å². The van der Waals surface area contributed by atoms with Crippen molar-refractivity contribution in [1.29, 1.82) is 0 Å². The highest BCUT2D eigenvalue weighted by Gasteiger charge is 2.19. The van der Waals surface area contributed by atoms with Crippen LogP contribution >= 0.6 is 0 Å². The summed E-state index contributed by atoms with van der Waals surface area (Å²) in [6.07, 6.45) is 2.90. The number of hydrogen-bond acceptors (Lipinski definition) is 1. The first-order valence-electron chi connectivity index (χ1n) is 13.5. The van der Waals surface area contributed by atoms with Gasteiger partial charge in [-0.1, -0.05) is 66.7 Å². The van der Waals surface area contributed by atoms with Gasteiger partial charge in [-0.25, -0.2) is 0 Å². The van der Waals surface area contributed by atoms with Gasteiger partial charge in [0.25, 0.3) is 0 Å². The van der Waals surface area contributed by atoms with Gasteiger partial charge in [-0.2, -0.15) is 0 Å². The first-order valence-corrected chi connectivity index (χ1v) is 13.5. The summed E-state index contributed by atoms with van der Waals surface area (Å²) < 4.78 is 4.85. The van der Waals surface area contributed by atoms with Crippen molar-refractivity contribution in [2.45, 2.75) is 6.42 Å². The molecule has 0 saturated heterocycles. The maximum atomic E-state index is 4.53. The minimum atomic E-state index is 0.894. The number of aliphatic imine (C=N–C) groups is 1. The van der Waals surface area contributed by atoms with Crippen molar-refractivity contribution < 1.29 is 0 Å². The number of benzene rings is 6. The maximum absolute atomic E-state index is 4.53. The monoisotopic (exact) mass is 497 g/mol. The van der Waals surface area contributed by atoms with Gasteiger partial charge in [0.05, 0.1) is 27.8 Å². The number of hydrogen-bond donors (Lipinski definition) is 0. The molecule has 6 aromatic carbocycles. The maximum Gasteiger partial charge on any atom is 0.0663 e. The van der Waals surface area contributed by atoms with Crippen LogP contribution in [0.5, 0.6) is 0 Å². The van der Waals surface area contributed by atoms with Crippen LogP contribution in [0.1, 0.15) is 5.56 Å². The molecule has 1 aliphatic heterocycles. The van der Waals surface area contributed by atoms with Gasteiger partial charge < -0.3 is 9.13 Å². The van der Waals surface area contributed by atoms with Gasteiger partial charge in [0.1, 0.15) is 0 Å². The normalized spacial score (nSPS) is 12.9. The minimum Gasteiger partial charge on any atom is -0.309 e. The molecule has 3 nitrogen and oxygen atoms in total. The van der Waals surface area contributed by atoms with Gasteiger partial charge in [-0.15, -0.1) is 0 Å². The third-order valence-corrected chi connectivity index (χ3v) is 8.32. The molecule has 39 heavy (non-hydrogen) atoms. The van der Waals surface area contributed by atoms with Crippen molar-refractivity contribution in [1.82, 2.24) is 9.13 Å². The Balaban J connectivity index is 1.44. The highest BCUT2D eigenvalue weighted by atomic mass is 15.0. The van der Waals surface area contributed by atoms with Crippen molar-refractivity contribution in [3.63, 3.8) is 0 Å². The zero-order valence-corrected chi connectivity index (χ0v) is 21.2. The summed E-state index contributed by atoms with van der Waals surface area (Å²) in [5.74, 6) is 0. The second kappa shape index (κ2) is 7.68. The summed E-state index contributed by atoms with van der Waals surface area (Å²) in [7, 11) is 0. The van der Waals surface area contributed by atoms with Gasteiger partial charge in [0.2, 0.25) is 0 Å². The molecule has 0 spiro atoms. The van der Waals surface area contributed by atoms with Gasteiger partial charge >= 0.3 is 0 Å². The zero-order chi connectivity index (χ0) is 25.5. The molecule has 3 heteroatoms. The van der Waals surface area contributed by atoms with Crippen LogP contribution in [0.3, 0.4) is 0 Å². The Bertz CT molecular complexity index is 2300. The lowest BCUT2D eigenvalue weighted by Gasteiger charge is -2.12. The summed E-state index contributed by atoms with van der Waals surface area (Å²) in [6.45, 7) is 0. The van der Waals surface area contributed by atoms with E-state index in [1.165, 1.54) is 71.3 Å². The number of fused-ring (bicyclic) bond motifs is 9. The van der Waals surface area contributed by atoms with E-state index in [1.54, 1.807) is 0 Å². The smallest absolute Gasteiger partial charge is 0.0663 e. The number of aromatic nitrogens is 2. The molecule has 0 unspecified atom stereocenters. The van der Waals surface area contributed by atoms with Crippen LogP contribution in [0.25, 0.3) is 65.8 Å². The number of rotatable bonds is 2. The van der Waals surface area contributed by atoms with Crippen molar-refractivity contribution in [3.05, 3.63) is 127 Å². The Morgan fingerprint density at radius 1 is 0.487 bits per heavy atom. The van der Waals surface area contributed by atoms with E-state index in [9.17, 15) is 0 Å². The Labute approximate surface area is 224 Å². The molecular weight excluding hydrogens is 474 g/mol. The Kier molecular flexibility index (Phi) is 4.11. The van der Waals surface area contributed by atoms with Crippen molar-refractivity contribution in [3.8, 4) is 11.4 Å². The summed E-state index contributed by atoms with van der Waals surface area (Å²) in [6, 6.07) is 44.3. The third-order valence-electron chi connectivity index (χ3n) is 8.32.